The SMILES string of the molecule is Nc1nc2cc(Cl)c(F)cc2n1CCC(F)(F)F. The van der Waals surface area contributed by atoms with Crippen molar-refractivity contribution >= 4 is 28.6 Å². The van der Waals surface area contributed by atoms with E-state index in [1.54, 1.807) is 0 Å². The maximum absolute atomic E-state index is 13.3. The number of benzene rings is 1. The number of fused-ring (bicyclic) bond motifs is 1. The molecule has 0 fully saturated rings. The Kier molecular flexibility index (Phi) is 3.10. The van der Waals surface area contributed by atoms with E-state index in [1.165, 1.54) is 6.07 Å². The van der Waals surface area contributed by atoms with Gasteiger partial charge < -0.3 is 10.3 Å². The molecule has 1 aromatic carbocycles. The molecular formula is C10H8ClF4N3. The Morgan fingerprint density at radius 2 is 2.00 bits per heavy atom. The highest BCUT2D eigenvalue weighted by Crippen LogP contribution is 2.27. The van der Waals surface area contributed by atoms with E-state index in [0.717, 1.165) is 10.6 Å². The van der Waals surface area contributed by atoms with Crippen LogP contribution in [0.4, 0.5) is 23.5 Å². The number of anilines is 1. The molecule has 0 amide bonds. The smallest absolute Gasteiger partial charge is 0.369 e. The summed E-state index contributed by atoms with van der Waals surface area (Å²) in [6.45, 7) is -0.410. The van der Waals surface area contributed by atoms with E-state index >= 15 is 0 Å². The zero-order valence-electron chi connectivity index (χ0n) is 8.93. The third-order valence-corrected chi connectivity index (χ3v) is 2.73. The largest absolute Gasteiger partial charge is 0.390 e. The molecular weight excluding hydrogens is 274 g/mol. The highest BCUT2D eigenvalue weighted by molar-refractivity contribution is 6.31. The van der Waals surface area contributed by atoms with Gasteiger partial charge in [-0.25, -0.2) is 9.37 Å². The van der Waals surface area contributed by atoms with Crippen molar-refractivity contribution in [2.45, 2.75) is 19.1 Å². The fourth-order valence-electron chi connectivity index (χ4n) is 1.61. The number of nitrogen functional groups attached to an aromatic ring is 1. The zero-order chi connectivity index (χ0) is 13.5. The van der Waals surface area contributed by atoms with E-state index < -0.39 is 25.0 Å². The highest BCUT2D eigenvalue weighted by atomic mass is 35.5. The summed E-state index contributed by atoms with van der Waals surface area (Å²) in [6, 6.07) is 2.25. The number of hydrogen-bond donors (Lipinski definition) is 1. The molecule has 0 saturated carbocycles. The van der Waals surface area contributed by atoms with Gasteiger partial charge in [0.05, 0.1) is 22.5 Å². The second-order valence-electron chi connectivity index (χ2n) is 3.74. The number of aryl methyl sites for hydroxylation is 1. The van der Waals surface area contributed by atoms with Gasteiger partial charge in [-0.05, 0) is 6.07 Å². The summed E-state index contributed by atoms with van der Waals surface area (Å²) in [5.74, 6) is -0.826. The molecule has 0 unspecified atom stereocenters. The Morgan fingerprint density at radius 1 is 1.33 bits per heavy atom. The van der Waals surface area contributed by atoms with Gasteiger partial charge >= 0.3 is 6.18 Å². The third-order valence-electron chi connectivity index (χ3n) is 2.44. The number of rotatable bonds is 2. The van der Waals surface area contributed by atoms with Gasteiger partial charge in [0, 0.05) is 12.6 Å². The maximum Gasteiger partial charge on any atom is 0.390 e. The van der Waals surface area contributed by atoms with Gasteiger partial charge in [-0.3, -0.25) is 0 Å². The van der Waals surface area contributed by atoms with Crippen LogP contribution >= 0.6 is 11.6 Å². The fraction of sp³-hybridized carbons (Fsp3) is 0.300. The van der Waals surface area contributed by atoms with Crippen molar-refractivity contribution < 1.29 is 17.6 Å². The van der Waals surface area contributed by atoms with Crippen LogP contribution in [0.3, 0.4) is 0 Å². The molecule has 0 saturated heterocycles. The molecule has 2 rings (SSSR count). The molecule has 0 spiro atoms. The molecule has 98 valence electrons. The van der Waals surface area contributed by atoms with E-state index in [-0.39, 0.29) is 22.0 Å². The van der Waals surface area contributed by atoms with Crippen LogP contribution in [0.1, 0.15) is 6.42 Å². The molecule has 0 aliphatic heterocycles. The van der Waals surface area contributed by atoms with Gasteiger partial charge in [0.25, 0.3) is 0 Å². The average Bonchev–Trinajstić information content (AvgIpc) is 2.51. The van der Waals surface area contributed by atoms with Crippen LogP contribution in [0.25, 0.3) is 11.0 Å². The van der Waals surface area contributed by atoms with Crippen LogP contribution in [0.15, 0.2) is 12.1 Å². The molecule has 0 aliphatic carbocycles. The van der Waals surface area contributed by atoms with Crippen molar-refractivity contribution in [3.05, 3.63) is 23.0 Å². The Hall–Kier alpha value is -1.50. The average molecular weight is 282 g/mol. The summed E-state index contributed by atoms with van der Waals surface area (Å²) in [7, 11) is 0. The number of hydrogen-bond acceptors (Lipinski definition) is 2. The molecule has 0 aliphatic rings. The summed E-state index contributed by atoms with van der Waals surface area (Å²) in [4.78, 5) is 3.84. The summed E-state index contributed by atoms with van der Waals surface area (Å²) in [6.07, 6.45) is -5.37. The minimum Gasteiger partial charge on any atom is -0.369 e. The minimum atomic E-state index is -4.31. The lowest BCUT2D eigenvalue weighted by atomic mass is 10.3. The first-order chi connectivity index (χ1) is 8.28. The molecule has 2 N–H and O–H groups in total. The van der Waals surface area contributed by atoms with Gasteiger partial charge in [0.2, 0.25) is 5.95 Å². The third kappa shape index (κ3) is 2.50. The number of nitrogens with two attached hydrogens (primary N) is 1. The summed E-state index contributed by atoms with van der Waals surface area (Å²) in [5.41, 5.74) is 5.96. The second kappa shape index (κ2) is 4.31. The lowest BCUT2D eigenvalue weighted by Crippen LogP contribution is -2.13. The summed E-state index contributed by atoms with van der Waals surface area (Å²) >= 11 is 5.55. The normalized spacial score (nSPS) is 12.3. The zero-order valence-corrected chi connectivity index (χ0v) is 9.69. The van der Waals surface area contributed by atoms with Crippen LogP contribution in [0.2, 0.25) is 5.02 Å². The van der Waals surface area contributed by atoms with E-state index in [2.05, 4.69) is 4.98 Å². The lowest BCUT2D eigenvalue weighted by Gasteiger charge is -2.09. The van der Waals surface area contributed by atoms with Crippen LogP contribution in [-0.2, 0) is 6.54 Å². The van der Waals surface area contributed by atoms with Gasteiger partial charge in [-0.15, -0.1) is 0 Å². The number of alkyl halides is 3. The first-order valence-electron chi connectivity index (χ1n) is 4.95. The van der Waals surface area contributed by atoms with Gasteiger partial charge in [0.15, 0.2) is 0 Å². The van der Waals surface area contributed by atoms with Crippen molar-refractivity contribution in [3.63, 3.8) is 0 Å². The summed E-state index contributed by atoms with van der Waals surface area (Å²) in [5, 5.41) is -0.150. The van der Waals surface area contributed by atoms with Gasteiger partial charge in [-0.2, -0.15) is 13.2 Å². The Morgan fingerprint density at radius 3 is 2.61 bits per heavy atom. The van der Waals surface area contributed by atoms with Crippen molar-refractivity contribution in [2.75, 3.05) is 5.73 Å². The number of halogens is 5. The molecule has 8 heteroatoms. The van der Waals surface area contributed by atoms with Crippen LogP contribution in [0.5, 0.6) is 0 Å². The maximum atomic E-state index is 13.3. The summed E-state index contributed by atoms with van der Waals surface area (Å²) < 4.78 is 50.8. The molecule has 0 atom stereocenters. The van der Waals surface area contributed by atoms with E-state index in [9.17, 15) is 17.6 Å². The quantitative estimate of drug-likeness (QED) is 0.858. The Labute approximate surface area is 104 Å². The second-order valence-corrected chi connectivity index (χ2v) is 4.15. The molecule has 3 nitrogen and oxygen atoms in total. The van der Waals surface area contributed by atoms with Crippen molar-refractivity contribution in [1.82, 2.24) is 9.55 Å². The predicted molar refractivity (Wildman–Crippen MR) is 59.8 cm³/mol. The molecule has 1 aromatic heterocycles. The van der Waals surface area contributed by atoms with E-state index in [0.29, 0.717) is 0 Å². The first-order valence-corrected chi connectivity index (χ1v) is 5.33. The molecule has 1 heterocycles. The topological polar surface area (TPSA) is 43.8 Å². The number of aromatic nitrogens is 2. The molecule has 2 aromatic rings. The first kappa shape index (κ1) is 12.9. The number of nitrogens with zero attached hydrogens (tertiary/aromatic N) is 2. The Balaban J connectivity index is 2.44. The Bertz CT molecular complexity index is 591. The monoisotopic (exact) mass is 281 g/mol. The number of imidazole rings is 1. The minimum absolute atomic E-state index is 0.101. The predicted octanol–water partition coefficient (Wildman–Crippen LogP) is 3.36. The molecule has 0 radical (unpaired) electrons. The van der Waals surface area contributed by atoms with Crippen LogP contribution in [-0.4, -0.2) is 15.7 Å². The van der Waals surface area contributed by atoms with E-state index in [1.807, 2.05) is 0 Å². The standard InChI is InChI=1S/C10H8ClF4N3/c11-5-3-7-8(4-6(5)12)18(9(16)17-7)2-1-10(13,14)15/h3-4H,1-2H2,(H2,16,17). The molecule has 0 bridgehead atoms. The van der Waals surface area contributed by atoms with Gasteiger partial charge in [0.1, 0.15) is 5.82 Å². The fourth-order valence-corrected chi connectivity index (χ4v) is 1.77. The van der Waals surface area contributed by atoms with Crippen LogP contribution < -0.4 is 5.73 Å². The van der Waals surface area contributed by atoms with Crippen molar-refractivity contribution in [2.24, 2.45) is 0 Å². The molecule has 18 heavy (non-hydrogen) atoms. The van der Waals surface area contributed by atoms with Crippen molar-refractivity contribution in [1.29, 1.82) is 0 Å². The van der Waals surface area contributed by atoms with Gasteiger partial charge in [-0.1, -0.05) is 11.6 Å². The van der Waals surface area contributed by atoms with E-state index in [4.69, 9.17) is 17.3 Å². The van der Waals surface area contributed by atoms with Crippen LogP contribution in [0, 0.1) is 5.82 Å². The lowest BCUT2D eigenvalue weighted by molar-refractivity contribution is -0.136. The highest BCUT2D eigenvalue weighted by Gasteiger charge is 2.27. The van der Waals surface area contributed by atoms with Crippen molar-refractivity contribution in [3.8, 4) is 0 Å².